The number of nitrogen functional groups attached to an aromatic ring is 1. The summed E-state index contributed by atoms with van der Waals surface area (Å²) >= 11 is 12.5. The maximum atomic E-state index is 14.1. The van der Waals surface area contributed by atoms with Crippen molar-refractivity contribution in [2.75, 3.05) is 18.8 Å². The van der Waals surface area contributed by atoms with Crippen LogP contribution in [0.4, 0.5) is 10.2 Å². The molecule has 5 nitrogen and oxygen atoms in total. The van der Waals surface area contributed by atoms with E-state index in [-0.39, 0.29) is 16.6 Å². The first kappa shape index (κ1) is 23.9. The van der Waals surface area contributed by atoms with E-state index in [9.17, 15) is 4.39 Å². The molecule has 35 heavy (non-hydrogen) atoms. The first-order valence-electron chi connectivity index (χ1n) is 11.7. The molecular weight excluding hydrogens is 488 g/mol. The van der Waals surface area contributed by atoms with Crippen molar-refractivity contribution < 1.29 is 13.5 Å². The number of benzene rings is 2. The molecule has 3 heterocycles. The minimum absolute atomic E-state index is 0.0886. The van der Waals surface area contributed by atoms with Crippen molar-refractivity contribution in [3.63, 3.8) is 0 Å². The Kier molecular flexibility index (Phi) is 6.87. The maximum absolute atomic E-state index is 14.1. The van der Waals surface area contributed by atoms with Gasteiger partial charge in [0.25, 0.3) is 0 Å². The van der Waals surface area contributed by atoms with Gasteiger partial charge in [-0.05, 0) is 62.2 Å². The molecule has 0 bridgehead atoms. The molecule has 2 N–H and O–H groups in total. The van der Waals surface area contributed by atoms with E-state index in [1.807, 2.05) is 0 Å². The van der Waals surface area contributed by atoms with Gasteiger partial charge in [-0.2, -0.15) is 0 Å². The normalized spacial score (nSPS) is 15.4. The summed E-state index contributed by atoms with van der Waals surface area (Å²) < 4.78 is 26.1. The van der Waals surface area contributed by atoms with Crippen LogP contribution in [0.3, 0.4) is 0 Å². The fourth-order valence-corrected chi connectivity index (χ4v) is 5.36. The minimum Gasteiger partial charge on any atom is -0.478 e. The number of rotatable bonds is 6. The van der Waals surface area contributed by atoms with Crippen LogP contribution in [0.5, 0.6) is 5.75 Å². The molecule has 1 fully saturated rings. The topological polar surface area (TPSA) is 64.5 Å². The predicted molar refractivity (Wildman–Crippen MR) is 138 cm³/mol. The Morgan fingerprint density at radius 2 is 1.97 bits per heavy atom. The molecule has 1 aliphatic rings. The second-order valence-electron chi connectivity index (χ2n) is 8.92. The molecule has 0 saturated carbocycles. The summed E-state index contributed by atoms with van der Waals surface area (Å²) in [5.41, 5.74) is 10.1. The summed E-state index contributed by atoms with van der Waals surface area (Å²) in [5, 5.41) is 0.982. The van der Waals surface area contributed by atoms with Gasteiger partial charge in [-0.15, -0.1) is 0 Å². The van der Waals surface area contributed by atoms with Gasteiger partial charge in [-0.3, -0.25) is 4.90 Å². The Morgan fingerprint density at radius 1 is 1.17 bits per heavy atom. The molecule has 4 aromatic rings. The summed E-state index contributed by atoms with van der Waals surface area (Å²) in [6.45, 7) is 4.93. The zero-order valence-corrected chi connectivity index (χ0v) is 20.9. The molecule has 1 aliphatic heterocycles. The Hall–Kier alpha value is -2.80. The molecule has 2 aromatic heterocycles. The van der Waals surface area contributed by atoms with Crippen molar-refractivity contribution in [1.29, 1.82) is 0 Å². The zero-order valence-electron chi connectivity index (χ0n) is 19.4. The summed E-state index contributed by atoms with van der Waals surface area (Å²) in [6.07, 6.45) is 6.50. The number of nitrogens with zero attached hydrogens (tertiary/aromatic N) is 2. The van der Waals surface area contributed by atoms with E-state index in [4.69, 9.17) is 38.1 Å². The van der Waals surface area contributed by atoms with Gasteiger partial charge >= 0.3 is 0 Å². The van der Waals surface area contributed by atoms with Gasteiger partial charge in [0, 0.05) is 28.9 Å². The van der Waals surface area contributed by atoms with E-state index in [2.05, 4.69) is 34.1 Å². The monoisotopic (exact) mass is 513 g/mol. The summed E-state index contributed by atoms with van der Waals surface area (Å²) in [6, 6.07) is 11.1. The van der Waals surface area contributed by atoms with E-state index in [0.29, 0.717) is 16.2 Å². The largest absolute Gasteiger partial charge is 0.478 e. The lowest BCUT2D eigenvalue weighted by Gasteiger charge is -2.26. The number of hydrogen-bond donors (Lipinski definition) is 1. The molecule has 0 aliphatic carbocycles. The van der Waals surface area contributed by atoms with Gasteiger partial charge in [0.1, 0.15) is 11.9 Å². The van der Waals surface area contributed by atoms with E-state index >= 15 is 0 Å². The van der Waals surface area contributed by atoms with Gasteiger partial charge in [-0.25, -0.2) is 9.37 Å². The number of likely N-dealkylation sites (tertiary alicyclic amines) is 1. The van der Waals surface area contributed by atoms with Crippen molar-refractivity contribution in [2.45, 2.75) is 38.8 Å². The number of pyridine rings is 1. The van der Waals surface area contributed by atoms with Crippen molar-refractivity contribution in [3.8, 4) is 16.9 Å². The van der Waals surface area contributed by atoms with Crippen LogP contribution in [0.1, 0.15) is 43.4 Å². The van der Waals surface area contributed by atoms with Gasteiger partial charge in [0.2, 0.25) is 5.75 Å². The molecule has 8 heteroatoms. The molecule has 1 atom stereocenters. The van der Waals surface area contributed by atoms with Gasteiger partial charge < -0.3 is 14.9 Å². The minimum atomic E-state index is -0.693. The SMILES string of the molecule is C[C@@H](Oc1c(N)ncc2c(-c3cccc(CN4CCCCC4)c3)coc12)c1c(Cl)ccc(F)c1Cl. The summed E-state index contributed by atoms with van der Waals surface area (Å²) in [5.74, 6) is -0.148. The highest BCUT2D eigenvalue weighted by Crippen LogP contribution is 2.41. The number of piperidine rings is 1. The van der Waals surface area contributed by atoms with E-state index in [1.54, 1.807) is 19.4 Å². The van der Waals surface area contributed by atoms with Gasteiger partial charge in [0.15, 0.2) is 11.4 Å². The molecule has 0 spiro atoms. The number of anilines is 1. The standard InChI is InChI=1S/C27H26Cl2FN3O2/c1-16(23-21(28)8-9-22(30)24(23)29)35-26-25-19(13-32-27(26)31)20(15-34-25)18-7-5-6-17(12-18)14-33-10-3-2-4-11-33/h5-9,12-13,15-16H,2-4,10-11,14H2,1H3,(H2,31,32)/t16-/m1/s1. The average Bonchev–Trinajstić information content (AvgIpc) is 3.29. The molecule has 1 saturated heterocycles. The molecule has 182 valence electrons. The van der Waals surface area contributed by atoms with Crippen LogP contribution >= 0.6 is 23.2 Å². The Balaban J connectivity index is 1.47. The molecule has 2 aromatic carbocycles. The Bertz CT molecular complexity index is 1370. The highest BCUT2D eigenvalue weighted by atomic mass is 35.5. The first-order chi connectivity index (χ1) is 16.9. The summed E-state index contributed by atoms with van der Waals surface area (Å²) in [4.78, 5) is 6.83. The quantitative estimate of drug-likeness (QED) is 0.268. The number of furan rings is 1. The van der Waals surface area contributed by atoms with Crippen LogP contribution in [-0.2, 0) is 6.54 Å². The van der Waals surface area contributed by atoms with E-state index in [1.165, 1.54) is 37.0 Å². The van der Waals surface area contributed by atoms with Crippen LogP contribution < -0.4 is 10.5 Å². The molecule has 5 rings (SSSR count). The Labute approximate surface area is 213 Å². The average molecular weight is 514 g/mol. The van der Waals surface area contributed by atoms with Crippen molar-refractivity contribution in [2.24, 2.45) is 0 Å². The smallest absolute Gasteiger partial charge is 0.205 e. The third-order valence-corrected chi connectivity index (χ3v) is 7.19. The first-order valence-corrected chi connectivity index (χ1v) is 12.5. The van der Waals surface area contributed by atoms with Crippen molar-refractivity contribution in [3.05, 3.63) is 75.8 Å². The highest BCUT2D eigenvalue weighted by molar-refractivity contribution is 6.36. The Morgan fingerprint density at radius 3 is 2.77 bits per heavy atom. The lowest BCUT2D eigenvalue weighted by Crippen LogP contribution is -2.29. The number of fused-ring (bicyclic) bond motifs is 1. The van der Waals surface area contributed by atoms with Crippen LogP contribution in [0.25, 0.3) is 22.1 Å². The number of halogens is 3. The highest BCUT2D eigenvalue weighted by Gasteiger charge is 2.23. The maximum Gasteiger partial charge on any atom is 0.205 e. The summed E-state index contributed by atoms with van der Waals surface area (Å²) in [7, 11) is 0. The molecule has 0 radical (unpaired) electrons. The number of ether oxygens (including phenoxy) is 1. The molecular formula is C27H26Cl2FN3O2. The van der Waals surface area contributed by atoms with Crippen molar-refractivity contribution >= 4 is 40.0 Å². The lowest BCUT2D eigenvalue weighted by molar-refractivity contribution is 0.221. The zero-order chi connectivity index (χ0) is 24.5. The predicted octanol–water partition coefficient (Wildman–Crippen LogP) is 7.65. The van der Waals surface area contributed by atoms with Gasteiger partial charge in [0.05, 0.1) is 16.7 Å². The number of hydrogen-bond acceptors (Lipinski definition) is 5. The van der Waals surface area contributed by atoms with Crippen LogP contribution in [0.2, 0.25) is 10.0 Å². The van der Waals surface area contributed by atoms with E-state index < -0.39 is 11.9 Å². The van der Waals surface area contributed by atoms with Crippen LogP contribution in [0.15, 0.2) is 53.3 Å². The third-order valence-electron chi connectivity index (χ3n) is 6.47. The number of aromatic nitrogens is 1. The molecule has 0 unspecified atom stereocenters. The lowest BCUT2D eigenvalue weighted by atomic mass is 10.0. The fourth-order valence-electron chi connectivity index (χ4n) is 4.68. The fraction of sp³-hybridized carbons (Fsp3) is 0.296. The van der Waals surface area contributed by atoms with Crippen LogP contribution in [-0.4, -0.2) is 23.0 Å². The number of nitrogens with two attached hydrogens (primary N) is 1. The third kappa shape index (κ3) is 4.83. The second kappa shape index (κ2) is 10.1. The van der Waals surface area contributed by atoms with Gasteiger partial charge in [-0.1, -0.05) is 47.8 Å². The molecule has 0 amide bonds. The second-order valence-corrected chi connectivity index (χ2v) is 9.70. The van der Waals surface area contributed by atoms with E-state index in [0.717, 1.165) is 36.1 Å². The van der Waals surface area contributed by atoms with Crippen molar-refractivity contribution in [1.82, 2.24) is 9.88 Å². The van der Waals surface area contributed by atoms with Crippen LogP contribution in [0, 0.1) is 5.82 Å².